The van der Waals surface area contributed by atoms with Gasteiger partial charge in [-0.25, -0.2) is 9.97 Å². The molecule has 94 valence electrons. The molecule has 1 aromatic heterocycles. The van der Waals surface area contributed by atoms with Gasteiger partial charge >= 0.3 is 0 Å². The maximum atomic E-state index is 5.81. The first kappa shape index (κ1) is 12.6. The summed E-state index contributed by atoms with van der Waals surface area (Å²) >= 11 is 5.81. The Kier molecular flexibility index (Phi) is 4.18. The molecule has 0 radical (unpaired) electrons. The highest BCUT2D eigenvalue weighted by atomic mass is 35.5. The summed E-state index contributed by atoms with van der Waals surface area (Å²) < 4.78 is 0. The Bertz CT molecular complexity index is 359. The molecule has 2 rings (SSSR count). The van der Waals surface area contributed by atoms with Crippen molar-refractivity contribution in [1.29, 1.82) is 0 Å². The number of hydrogen-bond acceptors (Lipinski definition) is 4. The molecular formula is C12H19ClN4. The van der Waals surface area contributed by atoms with Crippen molar-refractivity contribution in [3.63, 3.8) is 0 Å². The minimum atomic E-state index is 0.307. The van der Waals surface area contributed by atoms with Crippen LogP contribution in [-0.4, -0.2) is 40.5 Å². The van der Waals surface area contributed by atoms with Gasteiger partial charge in [0.1, 0.15) is 5.82 Å². The predicted molar refractivity (Wildman–Crippen MR) is 70.5 cm³/mol. The van der Waals surface area contributed by atoms with E-state index in [0.717, 1.165) is 37.2 Å². The van der Waals surface area contributed by atoms with Gasteiger partial charge in [-0.15, -0.1) is 0 Å². The number of halogens is 1. The Morgan fingerprint density at radius 2 is 2.24 bits per heavy atom. The van der Waals surface area contributed by atoms with E-state index in [1.54, 1.807) is 0 Å². The highest BCUT2D eigenvalue weighted by Crippen LogP contribution is 2.25. The van der Waals surface area contributed by atoms with E-state index < -0.39 is 0 Å². The van der Waals surface area contributed by atoms with Gasteiger partial charge in [0.05, 0.1) is 0 Å². The van der Waals surface area contributed by atoms with Crippen molar-refractivity contribution >= 4 is 17.4 Å². The van der Waals surface area contributed by atoms with Crippen LogP contribution in [0.1, 0.15) is 25.5 Å². The van der Waals surface area contributed by atoms with Crippen LogP contribution < -0.4 is 5.32 Å². The zero-order valence-electron chi connectivity index (χ0n) is 10.4. The fourth-order valence-corrected chi connectivity index (χ4v) is 2.21. The quantitative estimate of drug-likeness (QED) is 0.792. The van der Waals surface area contributed by atoms with E-state index in [0.29, 0.717) is 5.28 Å². The summed E-state index contributed by atoms with van der Waals surface area (Å²) in [6.07, 6.45) is 2.71. The topological polar surface area (TPSA) is 41.0 Å². The SMILES string of the molecule is CCN(CCNc1cc(C)nc(Cl)n1)C1CC1. The number of likely N-dealkylation sites (N-methyl/N-ethyl adjacent to an activating group) is 1. The molecule has 1 fully saturated rings. The van der Waals surface area contributed by atoms with Gasteiger partial charge in [0.2, 0.25) is 5.28 Å². The molecule has 1 aliphatic rings. The maximum Gasteiger partial charge on any atom is 0.224 e. The van der Waals surface area contributed by atoms with E-state index >= 15 is 0 Å². The monoisotopic (exact) mass is 254 g/mol. The van der Waals surface area contributed by atoms with Crippen molar-refractivity contribution in [3.05, 3.63) is 17.0 Å². The van der Waals surface area contributed by atoms with E-state index in [1.807, 2.05) is 13.0 Å². The summed E-state index contributed by atoms with van der Waals surface area (Å²) in [6.45, 7) is 7.21. The second kappa shape index (κ2) is 5.65. The van der Waals surface area contributed by atoms with Crippen molar-refractivity contribution in [3.8, 4) is 0 Å². The molecule has 0 atom stereocenters. The molecule has 0 aromatic carbocycles. The van der Waals surface area contributed by atoms with Gasteiger partial charge in [-0.05, 0) is 37.9 Å². The van der Waals surface area contributed by atoms with Crippen LogP contribution >= 0.6 is 11.6 Å². The van der Waals surface area contributed by atoms with Crippen LogP contribution in [-0.2, 0) is 0 Å². The second-order valence-electron chi connectivity index (χ2n) is 4.45. The smallest absolute Gasteiger partial charge is 0.224 e. The number of nitrogens with one attached hydrogen (secondary N) is 1. The molecular weight excluding hydrogens is 236 g/mol. The summed E-state index contributed by atoms with van der Waals surface area (Å²) in [5, 5.41) is 3.60. The van der Waals surface area contributed by atoms with Crippen LogP contribution in [0, 0.1) is 6.92 Å². The van der Waals surface area contributed by atoms with Crippen molar-refractivity contribution in [2.24, 2.45) is 0 Å². The third-order valence-electron chi connectivity index (χ3n) is 3.00. The van der Waals surface area contributed by atoms with E-state index in [-0.39, 0.29) is 0 Å². The molecule has 5 heteroatoms. The van der Waals surface area contributed by atoms with E-state index in [4.69, 9.17) is 11.6 Å². The maximum absolute atomic E-state index is 5.81. The third kappa shape index (κ3) is 3.82. The molecule has 0 saturated heterocycles. The van der Waals surface area contributed by atoms with Crippen LogP contribution in [0.25, 0.3) is 0 Å². The number of rotatable bonds is 6. The lowest BCUT2D eigenvalue weighted by atomic mass is 10.4. The predicted octanol–water partition coefficient (Wildman–Crippen LogP) is 2.33. The minimum absolute atomic E-state index is 0.307. The Morgan fingerprint density at radius 1 is 1.47 bits per heavy atom. The summed E-state index contributed by atoms with van der Waals surface area (Å²) in [4.78, 5) is 10.7. The lowest BCUT2D eigenvalue weighted by Gasteiger charge is -2.19. The summed E-state index contributed by atoms with van der Waals surface area (Å²) in [5.74, 6) is 0.814. The Hall–Kier alpha value is -0.870. The van der Waals surface area contributed by atoms with Crippen molar-refractivity contribution < 1.29 is 0 Å². The number of anilines is 1. The molecule has 0 aliphatic heterocycles. The first-order chi connectivity index (χ1) is 8.19. The lowest BCUT2D eigenvalue weighted by Crippen LogP contribution is -2.31. The van der Waals surface area contributed by atoms with Crippen LogP contribution in [0.15, 0.2) is 6.07 Å². The summed E-state index contributed by atoms with van der Waals surface area (Å²) in [7, 11) is 0. The molecule has 0 amide bonds. The molecule has 0 bridgehead atoms. The average molecular weight is 255 g/mol. The average Bonchev–Trinajstić information content (AvgIpc) is 3.07. The van der Waals surface area contributed by atoms with Crippen LogP contribution in [0.3, 0.4) is 0 Å². The van der Waals surface area contributed by atoms with Crippen LogP contribution in [0.2, 0.25) is 5.28 Å². The van der Waals surface area contributed by atoms with Crippen LogP contribution in [0.4, 0.5) is 5.82 Å². The Labute approximate surface area is 107 Å². The van der Waals surface area contributed by atoms with Gasteiger partial charge in [0, 0.05) is 30.9 Å². The van der Waals surface area contributed by atoms with Gasteiger partial charge in [-0.2, -0.15) is 0 Å². The fraction of sp³-hybridized carbons (Fsp3) is 0.667. The third-order valence-corrected chi connectivity index (χ3v) is 3.17. The number of aryl methyl sites for hydroxylation is 1. The van der Waals surface area contributed by atoms with Gasteiger partial charge in [-0.1, -0.05) is 6.92 Å². The standard InChI is InChI=1S/C12H19ClN4/c1-3-17(10-4-5-10)7-6-14-11-8-9(2)15-12(13)16-11/h8,10H,3-7H2,1-2H3,(H,14,15,16). The second-order valence-corrected chi connectivity index (χ2v) is 4.79. The molecule has 1 aliphatic carbocycles. The zero-order valence-corrected chi connectivity index (χ0v) is 11.2. The highest BCUT2D eigenvalue weighted by molar-refractivity contribution is 6.28. The molecule has 0 unspecified atom stereocenters. The number of nitrogens with zero attached hydrogens (tertiary/aromatic N) is 3. The van der Waals surface area contributed by atoms with Crippen molar-refractivity contribution in [1.82, 2.24) is 14.9 Å². The molecule has 1 heterocycles. The first-order valence-corrected chi connectivity index (χ1v) is 6.56. The molecule has 1 N–H and O–H groups in total. The zero-order chi connectivity index (χ0) is 12.3. The van der Waals surface area contributed by atoms with Gasteiger partial charge < -0.3 is 5.32 Å². The Balaban J connectivity index is 1.80. The summed E-state index contributed by atoms with van der Waals surface area (Å²) in [5.41, 5.74) is 0.891. The Morgan fingerprint density at radius 3 is 2.82 bits per heavy atom. The number of hydrogen-bond donors (Lipinski definition) is 1. The van der Waals surface area contributed by atoms with Crippen LogP contribution in [0.5, 0.6) is 0 Å². The normalized spacial score (nSPS) is 15.3. The minimum Gasteiger partial charge on any atom is -0.369 e. The van der Waals surface area contributed by atoms with E-state index in [9.17, 15) is 0 Å². The molecule has 4 nitrogen and oxygen atoms in total. The fourth-order valence-electron chi connectivity index (χ4n) is 1.99. The van der Waals surface area contributed by atoms with E-state index in [2.05, 4.69) is 27.1 Å². The van der Waals surface area contributed by atoms with Gasteiger partial charge in [0.15, 0.2) is 0 Å². The van der Waals surface area contributed by atoms with Gasteiger partial charge in [0.25, 0.3) is 0 Å². The molecule has 0 spiro atoms. The summed E-state index contributed by atoms with van der Waals surface area (Å²) in [6, 6.07) is 2.73. The highest BCUT2D eigenvalue weighted by Gasteiger charge is 2.27. The van der Waals surface area contributed by atoms with Gasteiger partial charge in [-0.3, -0.25) is 4.90 Å². The molecule has 1 saturated carbocycles. The first-order valence-electron chi connectivity index (χ1n) is 6.18. The largest absolute Gasteiger partial charge is 0.369 e. The van der Waals surface area contributed by atoms with Crippen molar-refractivity contribution in [2.75, 3.05) is 25.0 Å². The molecule has 17 heavy (non-hydrogen) atoms. The molecule has 1 aromatic rings. The number of aromatic nitrogens is 2. The van der Waals surface area contributed by atoms with Crippen molar-refractivity contribution in [2.45, 2.75) is 32.7 Å². The lowest BCUT2D eigenvalue weighted by molar-refractivity contribution is 0.289. The van der Waals surface area contributed by atoms with E-state index in [1.165, 1.54) is 12.8 Å².